The number of halogens is 1. The molecule has 0 bridgehead atoms. The molecule has 1 heterocycles. The average molecular weight is 390 g/mol. The predicted molar refractivity (Wildman–Crippen MR) is 109 cm³/mol. The van der Waals surface area contributed by atoms with Gasteiger partial charge in [-0.15, -0.1) is 0 Å². The van der Waals surface area contributed by atoms with E-state index in [1.165, 1.54) is 0 Å². The van der Waals surface area contributed by atoms with Gasteiger partial charge < -0.3 is 9.47 Å². The molecule has 0 radical (unpaired) electrons. The van der Waals surface area contributed by atoms with Gasteiger partial charge in [0.15, 0.2) is 5.70 Å². The molecule has 0 N–H and O–H groups in total. The molecule has 28 heavy (non-hydrogen) atoms. The smallest absolute Gasteiger partial charge is 0.363 e. The van der Waals surface area contributed by atoms with E-state index in [9.17, 15) is 4.79 Å². The molecule has 138 valence electrons. The van der Waals surface area contributed by atoms with Crippen LogP contribution in [0.5, 0.6) is 5.75 Å². The first-order valence-corrected chi connectivity index (χ1v) is 9.10. The zero-order valence-corrected chi connectivity index (χ0v) is 15.6. The maximum Gasteiger partial charge on any atom is 0.363 e. The van der Waals surface area contributed by atoms with Crippen LogP contribution in [0.2, 0.25) is 5.02 Å². The molecule has 0 saturated carbocycles. The van der Waals surface area contributed by atoms with Crippen molar-refractivity contribution >= 4 is 29.5 Å². The van der Waals surface area contributed by atoms with Crippen LogP contribution in [-0.4, -0.2) is 11.9 Å². The van der Waals surface area contributed by atoms with Crippen LogP contribution in [0.3, 0.4) is 0 Å². The molecule has 4 rings (SSSR count). The Morgan fingerprint density at radius 3 is 2.54 bits per heavy atom. The van der Waals surface area contributed by atoms with Gasteiger partial charge in [-0.05, 0) is 53.6 Å². The van der Waals surface area contributed by atoms with Gasteiger partial charge >= 0.3 is 5.97 Å². The SMILES string of the molecule is O=C1OC(c2ccccc2)=N/C1=C\c1cccc(OCc2ccc(Cl)cc2)c1. The second-order valence-corrected chi connectivity index (χ2v) is 6.63. The summed E-state index contributed by atoms with van der Waals surface area (Å²) in [6, 6.07) is 24.3. The first-order chi connectivity index (χ1) is 13.7. The Morgan fingerprint density at radius 2 is 1.75 bits per heavy atom. The molecule has 0 aliphatic carbocycles. The van der Waals surface area contributed by atoms with Crippen molar-refractivity contribution in [1.82, 2.24) is 0 Å². The molecule has 0 saturated heterocycles. The number of ether oxygens (including phenoxy) is 2. The van der Waals surface area contributed by atoms with Crippen molar-refractivity contribution in [2.24, 2.45) is 4.99 Å². The fourth-order valence-electron chi connectivity index (χ4n) is 2.71. The van der Waals surface area contributed by atoms with Crippen molar-refractivity contribution in [2.45, 2.75) is 6.61 Å². The Balaban J connectivity index is 1.50. The van der Waals surface area contributed by atoms with Crippen LogP contribution in [0.4, 0.5) is 0 Å². The Bertz CT molecular complexity index is 1060. The van der Waals surface area contributed by atoms with E-state index in [1.54, 1.807) is 6.08 Å². The highest BCUT2D eigenvalue weighted by Gasteiger charge is 2.23. The van der Waals surface area contributed by atoms with Crippen LogP contribution in [0, 0.1) is 0 Å². The lowest BCUT2D eigenvalue weighted by Gasteiger charge is -2.07. The maximum atomic E-state index is 12.1. The average Bonchev–Trinajstić information content (AvgIpc) is 3.09. The number of hydrogen-bond donors (Lipinski definition) is 0. The summed E-state index contributed by atoms with van der Waals surface area (Å²) in [7, 11) is 0. The van der Waals surface area contributed by atoms with Gasteiger partial charge in [0.2, 0.25) is 5.90 Å². The van der Waals surface area contributed by atoms with Gasteiger partial charge in [-0.3, -0.25) is 0 Å². The van der Waals surface area contributed by atoms with Crippen LogP contribution in [0.15, 0.2) is 89.6 Å². The standard InChI is InChI=1S/C23H16ClNO3/c24-19-11-9-16(10-12-19)15-27-20-8-4-5-17(13-20)14-21-23(26)28-22(25-21)18-6-2-1-3-7-18/h1-14H,15H2/b21-14-. The van der Waals surface area contributed by atoms with Gasteiger partial charge in [0.25, 0.3) is 0 Å². The number of rotatable bonds is 5. The fraction of sp³-hybridized carbons (Fsp3) is 0.0435. The molecule has 5 heteroatoms. The van der Waals surface area contributed by atoms with Crippen molar-refractivity contribution in [3.8, 4) is 5.75 Å². The molecule has 0 aromatic heterocycles. The molecular formula is C23H16ClNO3. The van der Waals surface area contributed by atoms with Crippen molar-refractivity contribution < 1.29 is 14.3 Å². The molecule has 3 aromatic rings. The third-order valence-corrected chi connectivity index (χ3v) is 4.37. The largest absolute Gasteiger partial charge is 0.489 e. The number of hydrogen-bond acceptors (Lipinski definition) is 4. The summed E-state index contributed by atoms with van der Waals surface area (Å²) < 4.78 is 11.1. The zero-order chi connectivity index (χ0) is 19.3. The topological polar surface area (TPSA) is 47.9 Å². The first kappa shape index (κ1) is 18.0. The lowest BCUT2D eigenvalue weighted by atomic mass is 10.2. The molecule has 0 atom stereocenters. The van der Waals surface area contributed by atoms with E-state index in [-0.39, 0.29) is 5.70 Å². The molecule has 1 aliphatic heterocycles. The summed E-state index contributed by atoms with van der Waals surface area (Å²) in [6.45, 7) is 0.426. The summed E-state index contributed by atoms with van der Waals surface area (Å²) in [6.07, 6.45) is 1.69. The van der Waals surface area contributed by atoms with Crippen molar-refractivity contribution in [1.29, 1.82) is 0 Å². The molecule has 1 aliphatic rings. The Kier molecular flexibility index (Phi) is 5.22. The summed E-state index contributed by atoms with van der Waals surface area (Å²) in [5.41, 5.74) is 2.84. The number of cyclic esters (lactones) is 1. The minimum absolute atomic E-state index is 0.258. The highest BCUT2D eigenvalue weighted by Crippen LogP contribution is 2.22. The summed E-state index contributed by atoms with van der Waals surface area (Å²) in [5, 5.41) is 0.691. The number of nitrogens with zero attached hydrogens (tertiary/aromatic N) is 1. The highest BCUT2D eigenvalue weighted by molar-refractivity contribution is 6.30. The van der Waals surface area contributed by atoms with E-state index >= 15 is 0 Å². The summed E-state index contributed by atoms with van der Waals surface area (Å²) in [5.74, 6) is 0.543. The van der Waals surface area contributed by atoms with E-state index in [0.29, 0.717) is 23.3 Å². The van der Waals surface area contributed by atoms with Gasteiger partial charge in [-0.1, -0.05) is 54.1 Å². The van der Waals surface area contributed by atoms with Crippen molar-refractivity contribution in [3.05, 3.63) is 106 Å². The Labute approximate surface area is 167 Å². The van der Waals surface area contributed by atoms with E-state index in [4.69, 9.17) is 21.1 Å². The Hall–Kier alpha value is -3.37. The van der Waals surface area contributed by atoms with Crippen LogP contribution in [0.25, 0.3) is 6.08 Å². The van der Waals surface area contributed by atoms with Crippen LogP contribution >= 0.6 is 11.6 Å². The lowest BCUT2D eigenvalue weighted by molar-refractivity contribution is -0.129. The second kappa shape index (κ2) is 8.11. The van der Waals surface area contributed by atoms with E-state index in [1.807, 2.05) is 78.9 Å². The molecule has 0 spiro atoms. The van der Waals surface area contributed by atoms with E-state index in [0.717, 1.165) is 16.7 Å². The van der Waals surface area contributed by atoms with Gasteiger partial charge in [-0.2, -0.15) is 0 Å². The fourth-order valence-corrected chi connectivity index (χ4v) is 2.84. The Morgan fingerprint density at radius 1 is 0.964 bits per heavy atom. The minimum atomic E-state index is -0.466. The van der Waals surface area contributed by atoms with Gasteiger partial charge in [-0.25, -0.2) is 9.79 Å². The lowest BCUT2D eigenvalue weighted by Crippen LogP contribution is -2.04. The molecule has 0 unspecified atom stereocenters. The zero-order valence-electron chi connectivity index (χ0n) is 14.8. The van der Waals surface area contributed by atoms with E-state index in [2.05, 4.69) is 4.99 Å². The molecule has 0 fully saturated rings. The van der Waals surface area contributed by atoms with Crippen LogP contribution in [-0.2, 0) is 16.1 Å². The number of esters is 1. The second-order valence-electron chi connectivity index (χ2n) is 6.19. The molecule has 4 nitrogen and oxygen atoms in total. The first-order valence-electron chi connectivity index (χ1n) is 8.73. The summed E-state index contributed by atoms with van der Waals surface area (Å²) in [4.78, 5) is 16.5. The van der Waals surface area contributed by atoms with Crippen molar-refractivity contribution in [3.63, 3.8) is 0 Å². The minimum Gasteiger partial charge on any atom is -0.489 e. The monoisotopic (exact) mass is 389 g/mol. The van der Waals surface area contributed by atoms with E-state index < -0.39 is 5.97 Å². The third-order valence-electron chi connectivity index (χ3n) is 4.12. The highest BCUT2D eigenvalue weighted by atomic mass is 35.5. The van der Waals surface area contributed by atoms with Gasteiger partial charge in [0.05, 0.1) is 0 Å². The number of carbonyl (C=O) groups is 1. The molecule has 3 aromatic carbocycles. The van der Waals surface area contributed by atoms with Gasteiger partial charge in [0.1, 0.15) is 12.4 Å². The third kappa shape index (κ3) is 4.30. The number of carbonyl (C=O) groups excluding carboxylic acids is 1. The molecule has 0 amide bonds. The maximum absolute atomic E-state index is 12.1. The van der Waals surface area contributed by atoms with Crippen LogP contribution in [0.1, 0.15) is 16.7 Å². The van der Waals surface area contributed by atoms with Gasteiger partial charge in [0, 0.05) is 10.6 Å². The quantitative estimate of drug-likeness (QED) is 0.441. The normalized spacial score (nSPS) is 14.7. The van der Waals surface area contributed by atoms with Crippen molar-refractivity contribution in [2.75, 3.05) is 0 Å². The predicted octanol–water partition coefficient (Wildman–Crippen LogP) is 5.26. The summed E-state index contributed by atoms with van der Waals surface area (Å²) >= 11 is 5.90. The molecular weight excluding hydrogens is 374 g/mol. The van der Waals surface area contributed by atoms with Crippen LogP contribution < -0.4 is 4.74 Å². The number of benzene rings is 3. The number of aliphatic imine (C=N–C) groups is 1.